The molecule has 0 aromatic rings. The molecule has 0 rings (SSSR count). The molecule has 0 aromatic carbocycles. The van der Waals surface area contributed by atoms with Crippen molar-refractivity contribution in [2.45, 2.75) is 66.2 Å². The standard InChI is InChI=1S/C18H41N3/c1-17(2,9-7-14-20-15-13-19)11-12-18(3,4)10-8-16-21(5)6/h20H,7-16,19H2,1-6H3. The van der Waals surface area contributed by atoms with Gasteiger partial charge in [0.05, 0.1) is 0 Å². The Morgan fingerprint density at radius 2 is 1.33 bits per heavy atom. The fraction of sp³-hybridized carbons (Fsp3) is 1.00. The van der Waals surface area contributed by atoms with Crippen LogP contribution in [0.5, 0.6) is 0 Å². The molecule has 0 radical (unpaired) electrons. The van der Waals surface area contributed by atoms with Gasteiger partial charge in [0.1, 0.15) is 0 Å². The number of nitrogens with two attached hydrogens (primary N) is 1. The van der Waals surface area contributed by atoms with Gasteiger partial charge in [-0.05, 0) is 76.5 Å². The minimum atomic E-state index is 0.462. The summed E-state index contributed by atoms with van der Waals surface area (Å²) in [6.07, 6.45) is 7.87. The van der Waals surface area contributed by atoms with E-state index in [0.717, 1.165) is 19.6 Å². The minimum absolute atomic E-state index is 0.462. The fourth-order valence-electron chi connectivity index (χ4n) is 2.72. The molecule has 3 heteroatoms. The average molecular weight is 300 g/mol. The van der Waals surface area contributed by atoms with E-state index in [1.807, 2.05) is 0 Å². The Kier molecular flexibility index (Phi) is 10.5. The van der Waals surface area contributed by atoms with E-state index in [9.17, 15) is 0 Å². The van der Waals surface area contributed by atoms with Crippen molar-refractivity contribution in [1.29, 1.82) is 0 Å². The summed E-state index contributed by atoms with van der Waals surface area (Å²) in [6, 6.07) is 0. The highest BCUT2D eigenvalue weighted by molar-refractivity contribution is 4.76. The highest BCUT2D eigenvalue weighted by atomic mass is 15.0. The number of hydrogen-bond donors (Lipinski definition) is 2. The fourth-order valence-corrected chi connectivity index (χ4v) is 2.72. The topological polar surface area (TPSA) is 41.3 Å². The van der Waals surface area contributed by atoms with Crippen molar-refractivity contribution in [3.8, 4) is 0 Å². The molecule has 0 aromatic heterocycles. The number of nitrogens with zero attached hydrogens (tertiary/aromatic N) is 1. The molecule has 3 nitrogen and oxygen atoms in total. The summed E-state index contributed by atoms with van der Waals surface area (Å²) >= 11 is 0. The molecule has 0 saturated carbocycles. The molecule has 0 spiro atoms. The molecule has 0 amide bonds. The van der Waals surface area contributed by atoms with Gasteiger partial charge in [-0.15, -0.1) is 0 Å². The van der Waals surface area contributed by atoms with E-state index < -0.39 is 0 Å². The summed E-state index contributed by atoms with van der Waals surface area (Å²) in [5, 5.41) is 3.39. The molecule has 128 valence electrons. The van der Waals surface area contributed by atoms with Crippen molar-refractivity contribution in [2.75, 3.05) is 40.3 Å². The van der Waals surface area contributed by atoms with Gasteiger partial charge in [0.15, 0.2) is 0 Å². The Morgan fingerprint density at radius 3 is 1.81 bits per heavy atom. The highest BCUT2D eigenvalue weighted by Crippen LogP contribution is 2.36. The van der Waals surface area contributed by atoms with Crippen LogP contribution in [0.2, 0.25) is 0 Å². The first-order valence-corrected chi connectivity index (χ1v) is 8.74. The van der Waals surface area contributed by atoms with Gasteiger partial charge in [-0.3, -0.25) is 0 Å². The van der Waals surface area contributed by atoms with Crippen LogP contribution in [0.3, 0.4) is 0 Å². The molecule has 0 aliphatic carbocycles. The summed E-state index contributed by atoms with van der Waals surface area (Å²) in [5.41, 5.74) is 6.42. The Labute approximate surface area is 134 Å². The first kappa shape index (κ1) is 20.9. The molecular formula is C18H41N3. The number of hydrogen-bond acceptors (Lipinski definition) is 3. The molecule has 0 heterocycles. The summed E-state index contributed by atoms with van der Waals surface area (Å²) < 4.78 is 0. The van der Waals surface area contributed by atoms with Gasteiger partial charge in [0.25, 0.3) is 0 Å². The van der Waals surface area contributed by atoms with Crippen molar-refractivity contribution >= 4 is 0 Å². The Balaban J connectivity index is 3.87. The van der Waals surface area contributed by atoms with E-state index in [-0.39, 0.29) is 0 Å². The molecule has 0 atom stereocenters. The second-order valence-corrected chi connectivity index (χ2v) is 8.38. The third-order valence-electron chi connectivity index (χ3n) is 4.47. The quantitative estimate of drug-likeness (QED) is 0.512. The van der Waals surface area contributed by atoms with E-state index >= 15 is 0 Å². The summed E-state index contributed by atoms with van der Waals surface area (Å²) in [6.45, 7) is 13.7. The smallest absolute Gasteiger partial charge is 0.00745 e. The lowest BCUT2D eigenvalue weighted by Crippen LogP contribution is -2.25. The number of nitrogens with one attached hydrogen (secondary N) is 1. The van der Waals surface area contributed by atoms with E-state index in [4.69, 9.17) is 5.73 Å². The normalized spacial score (nSPS) is 13.1. The SMILES string of the molecule is CN(C)CCCC(C)(C)CCC(C)(C)CCCNCCN. The average Bonchev–Trinajstić information content (AvgIpc) is 2.36. The third-order valence-corrected chi connectivity index (χ3v) is 4.47. The van der Waals surface area contributed by atoms with Crippen molar-refractivity contribution < 1.29 is 0 Å². The highest BCUT2D eigenvalue weighted by Gasteiger charge is 2.23. The number of rotatable bonds is 13. The van der Waals surface area contributed by atoms with Crippen LogP contribution in [-0.4, -0.2) is 45.2 Å². The van der Waals surface area contributed by atoms with Gasteiger partial charge in [0, 0.05) is 13.1 Å². The van der Waals surface area contributed by atoms with Crippen molar-refractivity contribution in [2.24, 2.45) is 16.6 Å². The predicted molar refractivity (Wildman–Crippen MR) is 95.7 cm³/mol. The molecule has 0 saturated heterocycles. The first-order valence-electron chi connectivity index (χ1n) is 8.74. The third kappa shape index (κ3) is 13.3. The lowest BCUT2D eigenvalue weighted by Gasteiger charge is -2.31. The lowest BCUT2D eigenvalue weighted by molar-refractivity contribution is 0.205. The Bertz CT molecular complexity index is 247. The van der Waals surface area contributed by atoms with Crippen LogP contribution in [0.1, 0.15) is 66.2 Å². The van der Waals surface area contributed by atoms with Crippen molar-refractivity contribution in [3.63, 3.8) is 0 Å². The van der Waals surface area contributed by atoms with Crippen molar-refractivity contribution in [1.82, 2.24) is 10.2 Å². The van der Waals surface area contributed by atoms with Crippen LogP contribution in [0.15, 0.2) is 0 Å². The van der Waals surface area contributed by atoms with E-state index in [2.05, 4.69) is 52.0 Å². The van der Waals surface area contributed by atoms with Gasteiger partial charge < -0.3 is 16.0 Å². The zero-order valence-electron chi connectivity index (χ0n) is 15.6. The molecule has 3 N–H and O–H groups in total. The molecule has 21 heavy (non-hydrogen) atoms. The zero-order valence-corrected chi connectivity index (χ0v) is 15.6. The zero-order chi connectivity index (χ0) is 16.4. The van der Waals surface area contributed by atoms with Gasteiger partial charge >= 0.3 is 0 Å². The van der Waals surface area contributed by atoms with Crippen LogP contribution in [0.25, 0.3) is 0 Å². The Morgan fingerprint density at radius 1 is 0.810 bits per heavy atom. The summed E-state index contributed by atoms with van der Waals surface area (Å²) in [4.78, 5) is 2.29. The summed E-state index contributed by atoms with van der Waals surface area (Å²) in [7, 11) is 4.32. The summed E-state index contributed by atoms with van der Waals surface area (Å²) in [5.74, 6) is 0. The Hall–Kier alpha value is -0.120. The second kappa shape index (κ2) is 10.6. The van der Waals surface area contributed by atoms with Gasteiger partial charge in [-0.2, -0.15) is 0 Å². The van der Waals surface area contributed by atoms with Crippen LogP contribution in [0, 0.1) is 10.8 Å². The lowest BCUT2D eigenvalue weighted by atomic mass is 9.75. The van der Waals surface area contributed by atoms with E-state index in [1.165, 1.54) is 45.1 Å². The molecular weight excluding hydrogens is 258 g/mol. The van der Waals surface area contributed by atoms with Gasteiger partial charge in [0.2, 0.25) is 0 Å². The molecule has 0 bridgehead atoms. The van der Waals surface area contributed by atoms with Gasteiger partial charge in [-0.25, -0.2) is 0 Å². The molecule has 0 aliphatic heterocycles. The predicted octanol–water partition coefficient (Wildman–Crippen LogP) is 3.49. The van der Waals surface area contributed by atoms with E-state index in [0.29, 0.717) is 10.8 Å². The molecule has 0 unspecified atom stereocenters. The largest absolute Gasteiger partial charge is 0.329 e. The maximum atomic E-state index is 5.49. The minimum Gasteiger partial charge on any atom is -0.329 e. The molecule has 0 aliphatic rings. The second-order valence-electron chi connectivity index (χ2n) is 8.38. The van der Waals surface area contributed by atoms with Crippen LogP contribution >= 0.6 is 0 Å². The maximum Gasteiger partial charge on any atom is 0.00745 e. The van der Waals surface area contributed by atoms with Crippen molar-refractivity contribution in [3.05, 3.63) is 0 Å². The maximum absolute atomic E-state index is 5.49. The van der Waals surface area contributed by atoms with Gasteiger partial charge in [-0.1, -0.05) is 27.7 Å². The van der Waals surface area contributed by atoms with Crippen LogP contribution in [-0.2, 0) is 0 Å². The van der Waals surface area contributed by atoms with Crippen LogP contribution < -0.4 is 11.1 Å². The monoisotopic (exact) mass is 299 g/mol. The van der Waals surface area contributed by atoms with E-state index in [1.54, 1.807) is 0 Å². The molecule has 0 fully saturated rings. The first-order chi connectivity index (χ1) is 9.68. The van der Waals surface area contributed by atoms with Crippen LogP contribution in [0.4, 0.5) is 0 Å².